The fourth-order valence-corrected chi connectivity index (χ4v) is 5.00. The van der Waals surface area contributed by atoms with Gasteiger partial charge in [-0.3, -0.25) is 4.79 Å². The number of thiazole rings is 1. The third-order valence-corrected chi connectivity index (χ3v) is 6.10. The van der Waals surface area contributed by atoms with Crippen LogP contribution in [-0.4, -0.2) is 30.8 Å². The van der Waals surface area contributed by atoms with E-state index in [-0.39, 0.29) is 0 Å². The van der Waals surface area contributed by atoms with Gasteiger partial charge in [0, 0.05) is 13.7 Å². The molecule has 3 aromatic rings. The van der Waals surface area contributed by atoms with Gasteiger partial charge in [0.25, 0.3) is 5.91 Å². The molecule has 0 aliphatic rings. The molecule has 9 heteroatoms. The van der Waals surface area contributed by atoms with Gasteiger partial charge in [0.15, 0.2) is 4.80 Å². The Morgan fingerprint density at radius 1 is 1.31 bits per heavy atom. The van der Waals surface area contributed by atoms with Crippen molar-refractivity contribution < 1.29 is 14.3 Å². The first kappa shape index (κ1) is 19.4. The Kier molecular flexibility index (Phi) is 6.37. The van der Waals surface area contributed by atoms with Crippen molar-refractivity contribution in [1.82, 2.24) is 4.57 Å². The number of rotatable bonds is 6. The number of benzene rings is 1. The van der Waals surface area contributed by atoms with Crippen LogP contribution in [0, 0.1) is 0 Å². The summed E-state index contributed by atoms with van der Waals surface area (Å²) in [5.74, 6) is 0.330. The summed E-state index contributed by atoms with van der Waals surface area (Å²) >= 11 is 14.6. The highest BCUT2D eigenvalue weighted by atomic mass is 35.5. The van der Waals surface area contributed by atoms with E-state index >= 15 is 0 Å². The van der Waals surface area contributed by atoms with Crippen molar-refractivity contribution in [2.75, 3.05) is 20.3 Å². The molecule has 26 heavy (non-hydrogen) atoms. The fourth-order valence-electron chi connectivity index (χ4n) is 2.48. The number of halogens is 2. The second kappa shape index (κ2) is 8.54. The van der Waals surface area contributed by atoms with Crippen molar-refractivity contribution in [1.29, 1.82) is 0 Å². The molecule has 0 N–H and O–H groups in total. The highest BCUT2D eigenvalue weighted by Gasteiger charge is 2.16. The minimum absolute atomic E-state index is 0.308. The van der Waals surface area contributed by atoms with Crippen molar-refractivity contribution >= 4 is 62.0 Å². The van der Waals surface area contributed by atoms with E-state index in [9.17, 15) is 4.79 Å². The lowest BCUT2D eigenvalue weighted by molar-refractivity contribution is 0.0998. The minimum Gasteiger partial charge on any atom is -0.492 e. The quantitative estimate of drug-likeness (QED) is 0.560. The van der Waals surface area contributed by atoms with Gasteiger partial charge in [-0.25, -0.2) is 0 Å². The van der Waals surface area contributed by atoms with Crippen molar-refractivity contribution in [2.24, 2.45) is 4.99 Å². The predicted octanol–water partition coefficient (Wildman–Crippen LogP) is 4.86. The first-order chi connectivity index (χ1) is 12.5. The zero-order chi connectivity index (χ0) is 18.7. The lowest BCUT2D eigenvalue weighted by Crippen LogP contribution is -2.19. The average Bonchev–Trinajstić information content (AvgIpc) is 3.13. The number of para-hydroxylation sites is 1. The average molecular weight is 431 g/mol. The molecule has 0 fully saturated rings. The van der Waals surface area contributed by atoms with Gasteiger partial charge in [-0.2, -0.15) is 4.99 Å². The molecular weight excluding hydrogens is 415 g/mol. The van der Waals surface area contributed by atoms with Crippen LogP contribution >= 0.6 is 45.9 Å². The molecule has 1 amide bonds. The maximum Gasteiger partial charge on any atom is 0.282 e. The van der Waals surface area contributed by atoms with Crippen LogP contribution in [0.1, 0.15) is 17.3 Å². The van der Waals surface area contributed by atoms with Crippen LogP contribution in [0.25, 0.3) is 10.2 Å². The van der Waals surface area contributed by atoms with Crippen LogP contribution in [0.3, 0.4) is 0 Å². The van der Waals surface area contributed by atoms with Crippen LogP contribution in [0.5, 0.6) is 5.75 Å². The first-order valence-electron chi connectivity index (χ1n) is 7.83. The Bertz CT molecular complexity index is 1010. The lowest BCUT2D eigenvalue weighted by Gasteiger charge is -2.09. The smallest absolute Gasteiger partial charge is 0.282 e. The number of hydrogen-bond acceptors (Lipinski definition) is 5. The standard InChI is InChI=1S/C17H16Cl2N2O3S2/c1-3-24-11-5-4-6-12-14(11)21(7-8-23-2)17(25-12)20-16(22)10-9-13(18)26-15(10)19/h4-6,9H,3,7-8H2,1-2H3. The van der Waals surface area contributed by atoms with Crippen LogP contribution in [0.4, 0.5) is 0 Å². The van der Waals surface area contributed by atoms with E-state index in [2.05, 4.69) is 4.99 Å². The Labute approximate surface area is 168 Å². The Hall–Kier alpha value is -1.38. The molecule has 0 bridgehead atoms. The number of nitrogens with zero attached hydrogens (tertiary/aromatic N) is 2. The lowest BCUT2D eigenvalue weighted by atomic mass is 10.3. The summed E-state index contributed by atoms with van der Waals surface area (Å²) in [5, 5.41) is 0. The van der Waals surface area contributed by atoms with Crippen molar-refractivity contribution in [3.05, 3.63) is 43.3 Å². The van der Waals surface area contributed by atoms with Crippen LogP contribution in [-0.2, 0) is 11.3 Å². The zero-order valence-corrected chi connectivity index (χ0v) is 17.3. The van der Waals surface area contributed by atoms with Gasteiger partial charge in [-0.05, 0) is 25.1 Å². The van der Waals surface area contributed by atoms with Crippen molar-refractivity contribution in [3.63, 3.8) is 0 Å². The molecule has 0 saturated carbocycles. The van der Waals surface area contributed by atoms with E-state index < -0.39 is 5.91 Å². The number of fused-ring (bicyclic) bond motifs is 1. The molecule has 2 heterocycles. The number of carbonyl (C=O) groups excluding carboxylic acids is 1. The molecule has 0 unspecified atom stereocenters. The van der Waals surface area contributed by atoms with E-state index in [0.717, 1.165) is 27.3 Å². The summed E-state index contributed by atoms with van der Waals surface area (Å²) in [5.41, 5.74) is 1.21. The highest BCUT2D eigenvalue weighted by Crippen LogP contribution is 2.32. The van der Waals surface area contributed by atoms with Gasteiger partial charge in [0.05, 0.1) is 27.8 Å². The summed E-state index contributed by atoms with van der Waals surface area (Å²) in [6.07, 6.45) is 0. The number of hydrogen-bond donors (Lipinski definition) is 0. The number of aromatic nitrogens is 1. The summed E-state index contributed by atoms with van der Waals surface area (Å²) < 4.78 is 14.7. The molecule has 0 aliphatic heterocycles. The molecule has 3 rings (SSSR count). The molecule has 0 atom stereocenters. The van der Waals surface area contributed by atoms with Gasteiger partial charge < -0.3 is 14.0 Å². The topological polar surface area (TPSA) is 52.8 Å². The van der Waals surface area contributed by atoms with Gasteiger partial charge in [-0.1, -0.05) is 40.6 Å². The molecule has 0 saturated heterocycles. The zero-order valence-electron chi connectivity index (χ0n) is 14.1. The van der Waals surface area contributed by atoms with Gasteiger partial charge in [-0.15, -0.1) is 11.3 Å². The van der Waals surface area contributed by atoms with Crippen molar-refractivity contribution in [2.45, 2.75) is 13.5 Å². The maximum absolute atomic E-state index is 12.6. The second-order valence-electron chi connectivity index (χ2n) is 5.22. The third kappa shape index (κ3) is 3.97. The molecule has 0 aliphatic carbocycles. The Balaban J connectivity index is 2.16. The summed E-state index contributed by atoms with van der Waals surface area (Å²) in [6, 6.07) is 7.34. The Morgan fingerprint density at radius 2 is 2.12 bits per heavy atom. The molecular formula is C17H16Cl2N2O3S2. The third-order valence-electron chi connectivity index (χ3n) is 3.57. The summed E-state index contributed by atoms with van der Waals surface area (Å²) in [7, 11) is 1.63. The molecule has 2 aromatic heterocycles. The number of amides is 1. The van der Waals surface area contributed by atoms with Crippen LogP contribution in [0.15, 0.2) is 29.3 Å². The van der Waals surface area contributed by atoms with E-state index in [1.54, 1.807) is 13.2 Å². The highest BCUT2D eigenvalue weighted by molar-refractivity contribution is 7.20. The number of thiophene rings is 1. The van der Waals surface area contributed by atoms with Gasteiger partial charge in [0.1, 0.15) is 15.6 Å². The van der Waals surface area contributed by atoms with Gasteiger partial charge >= 0.3 is 0 Å². The summed E-state index contributed by atoms with van der Waals surface area (Å²) in [6.45, 7) is 3.51. The van der Waals surface area contributed by atoms with E-state index in [4.69, 9.17) is 32.7 Å². The normalized spacial score (nSPS) is 12.1. The molecule has 5 nitrogen and oxygen atoms in total. The fraction of sp³-hybridized carbons (Fsp3) is 0.294. The predicted molar refractivity (Wildman–Crippen MR) is 107 cm³/mol. The Morgan fingerprint density at radius 3 is 2.77 bits per heavy atom. The maximum atomic E-state index is 12.6. The van der Waals surface area contributed by atoms with Crippen molar-refractivity contribution in [3.8, 4) is 5.75 Å². The molecule has 0 radical (unpaired) electrons. The minimum atomic E-state index is -0.422. The monoisotopic (exact) mass is 430 g/mol. The number of carbonyl (C=O) groups is 1. The number of ether oxygens (including phenoxy) is 2. The summed E-state index contributed by atoms with van der Waals surface area (Å²) in [4.78, 5) is 17.4. The second-order valence-corrected chi connectivity index (χ2v) is 8.51. The molecule has 0 spiro atoms. The van der Waals surface area contributed by atoms with Crippen LogP contribution < -0.4 is 9.54 Å². The van der Waals surface area contributed by atoms with Gasteiger partial charge in [0.2, 0.25) is 0 Å². The number of methoxy groups -OCH3 is 1. The largest absolute Gasteiger partial charge is 0.492 e. The molecule has 1 aromatic carbocycles. The van der Waals surface area contributed by atoms with E-state index in [1.165, 1.54) is 11.3 Å². The first-order valence-corrected chi connectivity index (χ1v) is 10.2. The van der Waals surface area contributed by atoms with Crippen LogP contribution in [0.2, 0.25) is 8.67 Å². The van der Waals surface area contributed by atoms with E-state index in [0.29, 0.717) is 38.8 Å². The SMILES string of the molecule is CCOc1cccc2sc(=NC(=O)c3cc(Cl)sc3Cl)n(CCOC)c12. The molecule has 138 valence electrons. The van der Waals surface area contributed by atoms with E-state index in [1.807, 2.05) is 29.7 Å².